The second-order valence-electron chi connectivity index (χ2n) is 4.75. The van der Waals surface area contributed by atoms with Gasteiger partial charge in [-0.3, -0.25) is 25.0 Å². The first kappa shape index (κ1) is 17.3. The Hall–Kier alpha value is -3.01. The zero-order chi connectivity index (χ0) is 17.7. The van der Waals surface area contributed by atoms with E-state index in [2.05, 4.69) is 10.3 Å². The molecule has 1 N–H and O–H groups in total. The molecule has 0 unspecified atom stereocenters. The number of hydrogen-bond donors (Lipinski definition) is 1. The van der Waals surface area contributed by atoms with Gasteiger partial charge in [0.05, 0.1) is 21.7 Å². The number of nitro benzene ring substituents is 2. The molecule has 1 aromatic carbocycles. The summed E-state index contributed by atoms with van der Waals surface area (Å²) in [5, 5.41) is 23.8. The molecule has 126 valence electrons. The quantitative estimate of drug-likeness (QED) is 0.460. The molecule has 0 saturated carbocycles. The average Bonchev–Trinajstić information content (AvgIpc) is 3.04. The molecule has 1 heterocycles. The van der Waals surface area contributed by atoms with Crippen LogP contribution in [0.2, 0.25) is 5.02 Å². The summed E-state index contributed by atoms with van der Waals surface area (Å²) >= 11 is 5.64. The Labute approximate surface area is 140 Å². The lowest BCUT2D eigenvalue weighted by atomic mass is 10.1. The molecule has 0 atom stereocenters. The van der Waals surface area contributed by atoms with Crippen molar-refractivity contribution in [1.82, 2.24) is 14.9 Å². The van der Waals surface area contributed by atoms with Gasteiger partial charge >= 0.3 is 0 Å². The Morgan fingerprint density at radius 2 is 1.88 bits per heavy atom. The van der Waals surface area contributed by atoms with Crippen molar-refractivity contribution in [3.8, 4) is 0 Å². The first-order valence-corrected chi connectivity index (χ1v) is 7.14. The highest BCUT2D eigenvalue weighted by molar-refractivity contribution is 6.35. The standard InChI is InChI=1S/C13H12ClN5O5/c14-12-10(18(21)22)6-9(7-11(12)19(23)24)13(20)16-2-1-4-17-5-3-15-8-17/h3,5-8H,1-2,4H2,(H,16,20). The first-order chi connectivity index (χ1) is 11.4. The highest BCUT2D eigenvalue weighted by atomic mass is 35.5. The van der Waals surface area contributed by atoms with Crippen molar-refractivity contribution < 1.29 is 14.6 Å². The van der Waals surface area contributed by atoms with Crippen molar-refractivity contribution >= 4 is 28.9 Å². The number of nitro groups is 2. The van der Waals surface area contributed by atoms with E-state index in [1.165, 1.54) is 0 Å². The average molecular weight is 354 g/mol. The molecule has 11 heteroatoms. The van der Waals surface area contributed by atoms with Crippen molar-refractivity contribution in [2.24, 2.45) is 0 Å². The minimum Gasteiger partial charge on any atom is -0.352 e. The van der Waals surface area contributed by atoms with Gasteiger partial charge in [-0.05, 0) is 6.42 Å². The molecular weight excluding hydrogens is 342 g/mol. The Morgan fingerprint density at radius 1 is 1.25 bits per heavy atom. The number of halogens is 1. The van der Waals surface area contributed by atoms with Gasteiger partial charge in [-0.15, -0.1) is 0 Å². The number of aryl methyl sites for hydroxylation is 1. The normalized spacial score (nSPS) is 10.4. The topological polar surface area (TPSA) is 133 Å². The van der Waals surface area contributed by atoms with Crippen molar-refractivity contribution in [3.05, 3.63) is 61.7 Å². The molecule has 0 fully saturated rings. The molecule has 0 spiro atoms. The fraction of sp³-hybridized carbons (Fsp3) is 0.231. The summed E-state index contributed by atoms with van der Waals surface area (Å²) in [6, 6.07) is 1.83. The molecule has 0 aliphatic rings. The number of aromatic nitrogens is 2. The van der Waals surface area contributed by atoms with E-state index in [1.54, 1.807) is 18.7 Å². The van der Waals surface area contributed by atoms with Crippen LogP contribution in [0.5, 0.6) is 0 Å². The predicted molar refractivity (Wildman–Crippen MR) is 83.9 cm³/mol. The smallest absolute Gasteiger partial charge is 0.295 e. The number of hydrogen-bond acceptors (Lipinski definition) is 6. The van der Waals surface area contributed by atoms with Gasteiger partial charge < -0.3 is 9.88 Å². The molecule has 24 heavy (non-hydrogen) atoms. The van der Waals surface area contributed by atoms with Crippen molar-refractivity contribution in [1.29, 1.82) is 0 Å². The second kappa shape index (κ2) is 7.51. The monoisotopic (exact) mass is 353 g/mol. The van der Waals surface area contributed by atoms with Crippen LogP contribution in [0, 0.1) is 20.2 Å². The van der Waals surface area contributed by atoms with E-state index in [1.807, 2.05) is 4.57 Å². The number of nitrogens with one attached hydrogen (secondary N) is 1. The number of rotatable bonds is 7. The van der Waals surface area contributed by atoms with Crippen molar-refractivity contribution in [3.63, 3.8) is 0 Å². The lowest BCUT2D eigenvalue weighted by molar-refractivity contribution is -0.393. The number of imidazole rings is 1. The van der Waals surface area contributed by atoms with Gasteiger partial charge in [0, 0.05) is 37.6 Å². The van der Waals surface area contributed by atoms with E-state index in [0.717, 1.165) is 12.1 Å². The van der Waals surface area contributed by atoms with Crippen LogP contribution in [0.3, 0.4) is 0 Å². The number of carbonyl (C=O) groups excluding carboxylic acids is 1. The van der Waals surface area contributed by atoms with E-state index in [-0.39, 0.29) is 5.56 Å². The van der Waals surface area contributed by atoms with Crippen LogP contribution in [-0.2, 0) is 6.54 Å². The maximum Gasteiger partial charge on any atom is 0.295 e. The number of carbonyl (C=O) groups is 1. The van der Waals surface area contributed by atoms with Gasteiger partial charge in [-0.25, -0.2) is 4.98 Å². The molecule has 0 aliphatic carbocycles. The number of nitrogens with zero attached hydrogens (tertiary/aromatic N) is 4. The van der Waals surface area contributed by atoms with Crippen LogP contribution >= 0.6 is 11.6 Å². The maximum absolute atomic E-state index is 12.0. The van der Waals surface area contributed by atoms with Gasteiger partial charge in [0.2, 0.25) is 0 Å². The molecule has 2 aromatic rings. The number of benzene rings is 1. The molecule has 0 aliphatic heterocycles. The molecule has 0 bridgehead atoms. The summed E-state index contributed by atoms with van der Waals surface area (Å²) < 4.78 is 1.82. The first-order valence-electron chi connectivity index (χ1n) is 6.76. The van der Waals surface area contributed by atoms with Gasteiger partial charge in [-0.2, -0.15) is 0 Å². The zero-order valence-corrected chi connectivity index (χ0v) is 13.0. The predicted octanol–water partition coefficient (Wildman–Crippen LogP) is 2.17. The van der Waals surface area contributed by atoms with Crippen molar-refractivity contribution in [2.75, 3.05) is 6.54 Å². The summed E-state index contributed by atoms with van der Waals surface area (Å²) in [6.45, 7) is 0.919. The third kappa shape index (κ3) is 4.04. The summed E-state index contributed by atoms with van der Waals surface area (Å²) in [4.78, 5) is 36.0. The SMILES string of the molecule is O=C(NCCCn1ccnc1)c1cc([N+](=O)[O-])c(Cl)c([N+](=O)[O-])c1. The van der Waals surface area contributed by atoms with E-state index >= 15 is 0 Å². The van der Waals surface area contributed by atoms with Crippen LogP contribution in [0.25, 0.3) is 0 Å². The molecule has 1 aromatic heterocycles. The third-order valence-corrected chi connectivity index (χ3v) is 3.51. The zero-order valence-electron chi connectivity index (χ0n) is 12.2. The van der Waals surface area contributed by atoms with E-state index in [9.17, 15) is 25.0 Å². The van der Waals surface area contributed by atoms with Crippen molar-refractivity contribution in [2.45, 2.75) is 13.0 Å². The lowest BCUT2D eigenvalue weighted by Crippen LogP contribution is -2.25. The summed E-state index contributed by atoms with van der Waals surface area (Å²) in [6.07, 6.45) is 5.63. The van der Waals surface area contributed by atoms with E-state index in [4.69, 9.17) is 11.6 Å². The van der Waals surface area contributed by atoms with Gasteiger partial charge in [0.1, 0.15) is 0 Å². The van der Waals surface area contributed by atoms with Gasteiger partial charge in [0.25, 0.3) is 17.3 Å². The Kier molecular flexibility index (Phi) is 5.42. The Morgan fingerprint density at radius 3 is 2.38 bits per heavy atom. The minimum absolute atomic E-state index is 0.194. The molecule has 0 saturated heterocycles. The summed E-state index contributed by atoms with van der Waals surface area (Å²) in [7, 11) is 0. The molecular formula is C13H12ClN5O5. The van der Waals surface area contributed by atoms with Crippen LogP contribution in [0.15, 0.2) is 30.9 Å². The molecule has 0 radical (unpaired) electrons. The highest BCUT2D eigenvalue weighted by Gasteiger charge is 2.27. The minimum atomic E-state index is -0.870. The van der Waals surface area contributed by atoms with Crippen LogP contribution in [0.4, 0.5) is 11.4 Å². The van der Waals surface area contributed by atoms with E-state index < -0.39 is 32.2 Å². The maximum atomic E-state index is 12.0. The fourth-order valence-electron chi connectivity index (χ4n) is 1.98. The summed E-state index contributed by atoms with van der Waals surface area (Å²) in [5.74, 6) is -0.650. The van der Waals surface area contributed by atoms with Gasteiger partial charge in [0.15, 0.2) is 5.02 Å². The molecule has 10 nitrogen and oxygen atoms in total. The van der Waals surface area contributed by atoms with Crippen LogP contribution < -0.4 is 5.32 Å². The Balaban J connectivity index is 2.07. The number of amides is 1. The van der Waals surface area contributed by atoms with Gasteiger partial charge in [-0.1, -0.05) is 11.6 Å². The second-order valence-corrected chi connectivity index (χ2v) is 5.13. The van der Waals surface area contributed by atoms with Crippen LogP contribution in [0.1, 0.15) is 16.8 Å². The summed E-state index contributed by atoms with van der Waals surface area (Å²) in [5.41, 5.74) is -1.57. The van der Waals surface area contributed by atoms with Crippen LogP contribution in [-0.4, -0.2) is 31.8 Å². The third-order valence-electron chi connectivity index (χ3n) is 3.13. The Bertz CT molecular complexity index is 742. The largest absolute Gasteiger partial charge is 0.352 e. The molecule has 1 amide bonds. The lowest BCUT2D eigenvalue weighted by Gasteiger charge is -2.06. The molecule has 2 rings (SSSR count). The fourth-order valence-corrected chi connectivity index (χ4v) is 2.22. The van der Waals surface area contributed by atoms with E-state index in [0.29, 0.717) is 19.5 Å². The highest BCUT2D eigenvalue weighted by Crippen LogP contribution is 2.34.